The number of aliphatic hydroxyl groups is 1. The van der Waals surface area contributed by atoms with Crippen LogP contribution in [-0.2, 0) is 9.59 Å². The van der Waals surface area contributed by atoms with E-state index in [0.717, 1.165) is 5.69 Å². The number of ketones is 1. The molecular formula is C30H30N2O6. The number of rotatable bonds is 7. The van der Waals surface area contributed by atoms with Gasteiger partial charge in [-0.3, -0.25) is 14.5 Å². The zero-order chi connectivity index (χ0) is 27.0. The molecule has 38 heavy (non-hydrogen) atoms. The molecule has 8 heteroatoms. The maximum atomic E-state index is 13.5. The van der Waals surface area contributed by atoms with Crippen molar-refractivity contribution in [3.63, 3.8) is 0 Å². The van der Waals surface area contributed by atoms with E-state index in [1.807, 2.05) is 57.1 Å². The zero-order valence-electron chi connectivity index (χ0n) is 21.8. The van der Waals surface area contributed by atoms with Crippen molar-refractivity contribution in [1.29, 1.82) is 0 Å². The topological polar surface area (TPSA) is 88.5 Å². The number of fused-ring (bicyclic) bond motifs is 1. The minimum atomic E-state index is -0.855. The lowest BCUT2D eigenvalue weighted by Gasteiger charge is -2.26. The summed E-state index contributed by atoms with van der Waals surface area (Å²) in [5, 5.41) is 11.5. The number of ether oxygens (including phenoxy) is 3. The smallest absolute Gasteiger partial charge is 0.300 e. The summed E-state index contributed by atoms with van der Waals surface area (Å²) < 4.78 is 16.8. The van der Waals surface area contributed by atoms with Crippen molar-refractivity contribution in [2.24, 2.45) is 5.92 Å². The summed E-state index contributed by atoms with van der Waals surface area (Å²) in [6.07, 6.45) is 0. The van der Waals surface area contributed by atoms with Gasteiger partial charge in [0.15, 0.2) is 11.5 Å². The second-order valence-electron chi connectivity index (χ2n) is 9.93. The van der Waals surface area contributed by atoms with Gasteiger partial charge in [0.1, 0.15) is 11.5 Å². The van der Waals surface area contributed by atoms with E-state index in [9.17, 15) is 14.7 Å². The van der Waals surface area contributed by atoms with Gasteiger partial charge in [-0.1, -0.05) is 38.1 Å². The molecule has 8 nitrogen and oxygen atoms in total. The van der Waals surface area contributed by atoms with Crippen molar-refractivity contribution in [1.82, 2.24) is 0 Å². The molecule has 0 radical (unpaired) electrons. The first-order chi connectivity index (χ1) is 18.2. The molecule has 1 saturated heterocycles. The van der Waals surface area contributed by atoms with Gasteiger partial charge in [0.25, 0.3) is 11.7 Å². The highest BCUT2D eigenvalue weighted by Crippen LogP contribution is 2.45. The molecule has 2 heterocycles. The first-order valence-corrected chi connectivity index (χ1v) is 12.5. The van der Waals surface area contributed by atoms with Crippen LogP contribution in [0.2, 0.25) is 0 Å². The van der Waals surface area contributed by atoms with Crippen molar-refractivity contribution >= 4 is 28.8 Å². The van der Waals surface area contributed by atoms with Crippen LogP contribution in [0.15, 0.2) is 72.3 Å². The van der Waals surface area contributed by atoms with Gasteiger partial charge < -0.3 is 24.2 Å². The van der Waals surface area contributed by atoms with Crippen LogP contribution in [0.25, 0.3) is 5.76 Å². The molecule has 0 aliphatic carbocycles. The van der Waals surface area contributed by atoms with E-state index in [0.29, 0.717) is 46.6 Å². The Morgan fingerprint density at radius 1 is 1.03 bits per heavy atom. The van der Waals surface area contributed by atoms with Gasteiger partial charge >= 0.3 is 0 Å². The minimum absolute atomic E-state index is 0.00581. The fraction of sp³-hybridized carbons (Fsp3) is 0.267. The van der Waals surface area contributed by atoms with Crippen LogP contribution >= 0.6 is 0 Å². The SMILES string of the molecule is CC(C)COc1cccc(/C(O)=C2\C(=O)C(=O)N(c3ccc4c(c3)OCO4)C2c2ccc(N(C)C)cc2)c1. The van der Waals surface area contributed by atoms with Gasteiger partial charge in [-0.2, -0.15) is 0 Å². The number of hydrogen-bond donors (Lipinski definition) is 1. The van der Waals surface area contributed by atoms with E-state index in [-0.39, 0.29) is 18.1 Å². The Bertz CT molecular complexity index is 1410. The molecule has 2 aliphatic rings. The Labute approximate surface area is 221 Å². The van der Waals surface area contributed by atoms with E-state index >= 15 is 0 Å². The molecule has 1 fully saturated rings. The summed E-state index contributed by atoms with van der Waals surface area (Å²) in [7, 11) is 3.87. The monoisotopic (exact) mass is 514 g/mol. The molecule has 1 unspecified atom stereocenters. The molecule has 3 aromatic rings. The lowest BCUT2D eigenvalue weighted by Crippen LogP contribution is -2.29. The van der Waals surface area contributed by atoms with E-state index in [2.05, 4.69) is 0 Å². The molecule has 1 atom stereocenters. The highest BCUT2D eigenvalue weighted by atomic mass is 16.7. The highest BCUT2D eigenvalue weighted by molar-refractivity contribution is 6.51. The molecule has 0 spiro atoms. The highest BCUT2D eigenvalue weighted by Gasteiger charge is 2.47. The van der Waals surface area contributed by atoms with Gasteiger partial charge in [0, 0.05) is 37.1 Å². The van der Waals surface area contributed by atoms with Gasteiger partial charge in [0.2, 0.25) is 6.79 Å². The molecule has 3 aromatic carbocycles. The van der Waals surface area contributed by atoms with Gasteiger partial charge in [-0.25, -0.2) is 0 Å². The molecule has 0 saturated carbocycles. The minimum Gasteiger partial charge on any atom is -0.507 e. The predicted octanol–water partition coefficient (Wildman–Crippen LogP) is 5.14. The normalized spacial score (nSPS) is 17.8. The Hall–Kier alpha value is -4.46. The molecule has 5 rings (SSSR count). The lowest BCUT2D eigenvalue weighted by molar-refractivity contribution is -0.132. The second-order valence-corrected chi connectivity index (χ2v) is 9.93. The van der Waals surface area contributed by atoms with Crippen LogP contribution in [0.5, 0.6) is 17.2 Å². The first-order valence-electron chi connectivity index (χ1n) is 12.5. The molecular weight excluding hydrogens is 484 g/mol. The summed E-state index contributed by atoms with van der Waals surface area (Å²) in [5.41, 5.74) is 2.51. The van der Waals surface area contributed by atoms with Crippen LogP contribution in [-0.4, -0.2) is 44.3 Å². The van der Waals surface area contributed by atoms with Crippen molar-refractivity contribution < 1.29 is 28.9 Å². The lowest BCUT2D eigenvalue weighted by atomic mass is 9.94. The summed E-state index contributed by atoms with van der Waals surface area (Å²) in [5.74, 6) is 0.179. The summed E-state index contributed by atoms with van der Waals surface area (Å²) >= 11 is 0. The third-order valence-corrected chi connectivity index (χ3v) is 6.49. The predicted molar refractivity (Wildman–Crippen MR) is 145 cm³/mol. The fourth-order valence-corrected chi connectivity index (χ4v) is 4.56. The van der Waals surface area contributed by atoms with Crippen LogP contribution in [0.3, 0.4) is 0 Å². The number of Topliss-reactive ketones (excluding diaryl/α,β-unsaturated/α-hetero) is 1. The maximum absolute atomic E-state index is 13.5. The zero-order valence-corrected chi connectivity index (χ0v) is 21.8. The maximum Gasteiger partial charge on any atom is 0.300 e. The third kappa shape index (κ3) is 4.65. The number of carbonyl (C=O) groups excluding carboxylic acids is 2. The van der Waals surface area contributed by atoms with Gasteiger partial charge in [-0.15, -0.1) is 0 Å². The molecule has 196 valence electrons. The quantitative estimate of drug-likeness (QED) is 0.265. The Kier molecular flexibility index (Phi) is 6.72. The summed E-state index contributed by atoms with van der Waals surface area (Å²) in [6.45, 7) is 4.69. The largest absolute Gasteiger partial charge is 0.507 e. The van der Waals surface area contributed by atoms with E-state index < -0.39 is 17.7 Å². The molecule has 1 amide bonds. The van der Waals surface area contributed by atoms with Crippen molar-refractivity contribution in [3.05, 3.63) is 83.4 Å². The van der Waals surface area contributed by atoms with E-state index in [1.54, 1.807) is 42.5 Å². The van der Waals surface area contributed by atoms with Gasteiger partial charge in [-0.05, 0) is 47.9 Å². The summed E-state index contributed by atoms with van der Waals surface area (Å²) in [4.78, 5) is 30.3. The number of hydrogen-bond acceptors (Lipinski definition) is 7. The number of amides is 1. The number of benzene rings is 3. The number of nitrogens with zero attached hydrogens (tertiary/aromatic N) is 2. The summed E-state index contributed by atoms with van der Waals surface area (Å²) in [6, 6.07) is 18.7. The Morgan fingerprint density at radius 3 is 2.47 bits per heavy atom. The van der Waals surface area contributed by atoms with Crippen molar-refractivity contribution in [3.8, 4) is 17.2 Å². The Morgan fingerprint density at radius 2 is 1.76 bits per heavy atom. The molecule has 0 bridgehead atoms. The second kappa shape index (κ2) is 10.1. The molecule has 2 aliphatic heterocycles. The van der Waals surface area contributed by atoms with Crippen LogP contribution < -0.4 is 24.0 Å². The van der Waals surface area contributed by atoms with Crippen molar-refractivity contribution in [2.75, 3.05) is 37.3 Å². The van der Waals surface area contributed by atoms with Crippen LogP contribution in [0.1, 0.15) is 31.0 Å². The number of carbonyl (C=O) groups is 2. The standard InChI is InChI=1S/C30H30N2O6/c1-18(2)16-36-23-7-5-6-20(14-23)28(33)26-27(19-8-10-21(11-9-19)31(3)4)32(30(35)29(26)34)22-12-13-24-25(15-22)38-17-37-24/h5-15,18,27,33H,16-17H2,1-4H3/b28-26+. The first kappa shape index (κ1) is 25.2. The van der Waals surface area contributed by atoms with Crippen LogP contribution in [0, 0.1) is 5.92 Å². The van der Waals surface area contributed by atoms with Gasteiger partial charge in [0.05, 0.1) is 18.2 Å². The Balaban J connectivity index is 1.63. The molecule has 0 aromatic heterocycles. The number of aliphatic hydroxyl groups excluding tert-OH is 1. The van der Waals surface area contributed by atoms with E-state index in [4.69, 9.17) is 14.2 Å². The van der Waals surface area contributed by atoms with Crippen molar-refractivity contribution in [2.45, 2.75) is 19.9 Å². The fourth-order valence-electron chi connectivity index (χ4n) is 4.56. The number of anilines is 2. The average molecular weight is 515 g/mol. The average Bonchev–Trinajstić information content (AvgIpc) is 3.49. The van der Waals surface area contributed by atoms with Crippen LogP contribution in [0.4, 0.5) is 11.4 Å². The third-order valence-electron chi connectivity index (χ3n) is 6.49. The molecule has 1 N–H and O–H groups in total. The van der Waals surface area contributed by atoms with E-state index in [1.165, 1.54) is 4.90 Å².